The predicted octanol–water partition coefficient (Wildman–Crippen LogP) is 5.97. The zero-order valence-corrected chi connectivity index (χ0v) is 26.5. The molecule has 1 saturated heterocycles. The van der Waals surface area contributed by atoms with Crippen molar-refractivity contribution < 1.29 is 51.5 Å². The van der Waals surface area contributed by atoms with Gasteiger partial charge < -0.3 is 35.0 Å². The van der Waals surface area contributed by atoms with Gasteiger partial charge in [0.05, 0.1) is 24.9 Å². The van der Waals surface area contributed by atoms with Crippen molar-refractivity contribution in [2.45, 2.75) is 44.7 Å². The highest BCUT2D eigenvalue weighted by atomic mass is 19.2. The summed E-state index contributed by atoms with van der Waals surface area (Å²) in [6.07, 6.45) is -2.54. The van der Waals surface area contributed by atoms with E-state index in [2.05, 4.69) is 5.32 Å². The molecule has 1 heterocycles. The van der Waals surface area contributed by atoms with Crippen LogP contribution in [0.15, 0.2) is 72.8 Å². The Morgan fingerprint density at radius 3 is 2.06 bits per heavy atom. The van der Waals surface area contributed by atoms with E-state index in [1.165, 1.54) is 12.1 Å². The topological polar surface area (TPSA) is 111 Å². The van der Waals surface area contributed by atoms with E-state index in [4.69, 9.17) is 9.47 Å². The van der Waals surface area contributed by atoms with Crippen molar-refractivity contribution in [2.24, 2.45) is 5.92 Å². The Hall–Kier alpha value is -4.40. The zero-order chi connectivity index (χ0) is 35.4. The number of aliphatic hydroxyl groups excluding tert-OH is 2. The highest BCUT2D eigenvalue weighted by molar-refractivity contribution is 5.94. The van der Waals surface area contributed by atoms with Crippen LogP contribution in [0, 0.1) is 35.0 Å². The minimum Gasteiger partial charge on any atom is -0.508 e. The first kappa shape index (κ1) is 35.9. The average Bonchev–Trinajstić information content (AvgIpc) is 3.10. The number of phenolic OH excluding ortho intramolecular Hbond substituents is 1. The van der Waals surface area contributed by atoms with Gasteiger partial charge in [0, 0.05) is 31.1 Å². The number of nitrogens with zero attached hydrogens (tertiary/aromatic N) is 1. The zero-order valence-electron chi connectivity index (χ0n) is 26.5. The van der Waals surface area contributed by atoms with E-state index >= 15 is 0 Å². The number of hydrogen-bond acceptors (Lipinski definition) is 7. The molecule has 4 aromatic rings. The quantitative estimate of drug-likeness (QED) is 0.0875. The van der Waals surface area contributed by atoms with Crippen LogP contribution in [-0.2, 0) is 22.6 Å². The van der Waals surface area contributed by atoms with E-state index in [9.17, 15) is 42.1 Å². The fourth-order valence-electron chi connectivity index (χ4n) is 5.71. The largest absolute Gasteiger partial charge is 0.508 e. The third kappa shape index (κ3) is 8.09. The molecule has 1 fully saturated rings. The van der Waals surface area contributed by atoms with Crippen LogP contribution in [-0.4, -0.2) is 52.4 Å². The van der Waals surface area contributed by atoms with Crippen molar-refractivity contribution in [3.05, 3.63) is 135 Å². The number of nitrogens with one attached hydrogen (secondary N) is 1. The molecule has 0 aromatic heterocycles. The number of aromatic hydroxyl groups is 1. The lowest BCUT2D eigenvalue weighted by Crippen LogP contribution is -2.44. The summed E-state index contributed by atoms with van der Waals surface area (Å²) in [5, 5.41) is 32.3. The van der Waals surface area contributed by atoms with Gasteiger partial charge in [0.2, 0.25) is 5.82 Å². The minimum absolute atomic E-state index is 0.0494. The first-order valence-corrected chi connectivity index (χ1v) is 15.4. The first-order valence-electron chi connectivity index (χ1n) is 15.4. The Kier molecular flexibility index (Phi) is 11.3. The molecule has 5 atom stereocenters. The number of halogens is 5. The summed E-state index contributed by atoms with van der Waals surface area (Å²) in [7, 11) is 1.84. The molecule has 0 radical (unpaired) electrons. The molecule has 4 N–H and O–H groups in total. The number of ether oxygens (including phenoxy) is 2. The number of rotatable bonds is 11. The maximum atomic E-state index is 14.1. The summed E-state index contributed by atoms with van der Waals surface area (Å²) < 4.78 is 81.6. The van der Waals surface area contributed by atoms with E-state index in [1.54, 1.807) is 48.5 Å². The molecule has 1 aliphatic heterocycles. The maximum absolute atomic E-state index is 14.1. The molecule has 0 saturated carbocycles. The summed E-state index contributed by atoms with van der Waals surface area (Å²) in [4.78, 5) is 14.3. The van der Waals surface area contributed by atoms with Gasteiger partial charge >= 0.3 is 0 Å². The lowest BCUT2D eigenvalue weighted by molar-refractivity contribution is -0.276. The molecule has 260 valence electrons. The molecule has 13 heteroatoms. The number of benzene rings is 4. The summed E-state index contributed by atoms with van der Waals surface area (Å²) >= 11 is 0. The van der Waals surface area contributed by atoms with Crippen LogP contribution in [0.5, 0.6) is 5.75 Å². The molecule has 8 nitrogen and oxygen atoms in total. The summed E-state index contributed by atoms with van der Waals surface area (Å²) in [5.41, 5.74) is 1.65. The second-order valence-corrected chi connectivity index (χ2v) is 12.0. The van der Waals surface area contributed by atoms with Gasteiger partial charge in [-0.15, -0.1) is 0 Å². The number of likely N-dealkylation sites (N-methyl/N-ethyl adjacent to an activating group) is 1. The van der Waals surface area contributed by atoms with E-state index < -0.39 is 59.1 Å². The number of aliphatic hydroxyl groups is 2. The normalized spacial score (nSPS) is 20.0. The Balaban J connectivity index is 1.31. The Labute approximate surface area is 279 Å². The van der Waals surface area contributed by atoms with Gasteiger partial charge in [-0.2, -0.15) is 0 Å². The van der Waals surface area contributed by atoms with E-state index in [0.717, 1.165) is 11.1 Å². The van der Waals surface area contributed by atoms with Crippen LogP contribution in [0.1, 0.15) is 63.6 Å². The van der Waals surface area contributed by atoms with Crippen molar-refractivity contribution in [1.82, 2.24) is 10.2 Å². The molecule has 49 heavy (non-hydrogen) atoms. The average molecular weight is 687 g/mol. The van der Waals surface area contributed by atoms with Crippen LogP contribution in [0.25, 0.3) is 0 Å². The van der Waals surface area contributed by atoms with Crippen molar-refractivity contribution in [1.29, 1.82) is 0 Å². The monoisotopic (exact) mass is 686 g/mol. The van der Waals surface area contributed by atoms with Gasteiger partial charge in [-0.1, -0.05) is 67.6 Å². The van der Waals surface area contributed by atoms with Gasteiger partial charge in [-0.25, -0.2) is 22.0 Å². The standard InChI is InChI=1S/C36H35F5N2O6/c1-19-27(17-43(2)16-26(46)24-4-3-5-25(45)14-24)48-36(49-34(19)22-10-8-21(18-44)9-11-22)23-12-6-20(7-13-23)15-42-35(47)28-29(37)31(39)33(41)32(40)30(28)38/h3-14,19,26-27,34,36,44-46H,15-18H2,1-2H3,(H,42,47)/t19-,26+,27+,34+,36+/m0/s1. The van der Waals surface area contributed by atoms with Crippen LogP contribution in [0.4, 0.5) is 22.0 Å². The third-order valence-corrected chi connectivity index (χ3v) is 8.50. The molecule has 0 unspecified atom stereocenters. The second-order valence-electron chi connectivity index (χ2n) is 12.0. The predicted molar refractivity (Wildman–Crippen MR) is 167 cm³/mol. The Morgan fingerprint density at radius 1 is 0.857 bits per heavy atom. The van der Waals surface area contributed by atoms with Gasteiger partial charge in [-0.3, -0.25) is 4.79 Å². The SMILES string of the molecule is C[C@H]1[C@@H](CN(C)C[C@@H](O)c2cccc(O)c2)O[C@@H](c2ccc(CNC(=O)c3c(F)c(F)c(F)c(F)c3F)cc2)O[C@H]1c1ccc(CO)cc1. The first-order chi connectivity index (χ1) is 23.4. The molecular formula is C36H35F5N2O6. The highest BCUT2D eigenvalue weighted by Gasteiger charge is 2.39. The Morgan fingerprint density at radius 2 is 1.45 bits per heavy atom. The van der Waals surface area contributed by atoms with Gasteiger partial charge in [0.1, 0.15) is 11.3 Å². The van der Waals surface area contributed by atoms with Gasteiger partial charge in [-0.05, 0) is 41.4 Å². The number of carbonyl (C=O) groups excluding carboxylic acids is 1. The number of carbonyl (C=O) groups is 1. The Bertz CT molecular complexity index is 1750. The smallest absolute Gasteiger partial charge is 0.257 e. The molecular weight excluding hydrogens is 651 g/mol. The molecule has 5 rings (SSSR count). The van der Waals surface area contributed by atoms with Crippen LogP contribution < -0.4 is 5.32 Å². The number of phenols is 1. The van der Waals surface area contributed by atoms with Crippen molar-refractivity contribution >= 4 is 5.91 Å². The lowest BCUT2D eigenvalue weighted by Gasteiger charge is -2.42. The van der Waals surface area contributed by atoms with E-state index in [-0.39, 0.29) is 37.5 Å². The van der Waals surface area contributed by atoms with Crippen LogP contribution in [0.3, 0.4) is 0 Å². The molecule has 0 spiro atoms. The number of hydrogen-bond donors (Lipinski definition) is 4. The maximum Gasteiger partial charge on any atom is 0.257 e. The van der Waals surface area contributed by atoms with Crippen molar-refractivity contribution in [3.8, 4) is 5.75 Å². The fourth-order valence-corrected chi connectivity index (χ4v) is 5.71. The van der Waals surface area contributed by atoms with E-state index in [0.29, 0.717) is 23.2 Å². The molecule has 1 aliphatic rings. The second kappa shape index (κ2) is 15.4. The lowest BCUT2D eigenvalue weighted by atomic mass is 9.90. The van der Waals surface area contributed by atoms with Gasteiger partial charge in [0.25, 0.3) is 5.91 Å². The molecule has 0 bridgehead atoms. The summed E-state index contributed by atoms with van der Waals surface area (Å²) in [5.74, 6) is -12.8. The molecule has 4 aromatic carbocycles. The fraction of sp³-hybridized carbons (Fsp3) is 0.306. The van der Waals surface area contributed by atoms with Gasteiger partial charge in [0.15, 0.2) is 29.6 Å². The van der Waals surface area contributed by atoms with Crippen LogP contribution in [0.2, 0.25) is 0 Å². The molecule has 1 amide bonds. The van der Waals surface area contributed by atoms with Crippen LogP contribution >= 0.6 is 0 Å². The minimum atomic E-state index is -2.35. The third-order valence-electron chi connectivity index (χ3n) is 8.50. The summed E-state index contributed by atoms with van der Waals surface area (Å²) in [6.45, 7) is 2.25. The molecule has 0 aliphatic carbocycles. The highest BCUT2D eigenvalue weighted by Crippen LogP contribution is 2.42. The van der Waals surface area contributed by atoms with E-state index in [1.807, 2.05) is 31.0 Å². The summed E-state index contributed by atoms with van der Waals surface area (Å²) in [6, 6.07) is 20.3. The van der Waals surface area contributed by atoms with Crippen molar-refractivity contribution in [3.63, 3.8) is 0 Å². The number of amides is 1. The van der Waals surface area contributed by atoms with Crippen molar-refractivity contribution in [2.75, 3.05) is 20.1 Å².